The highest BCUT2D eigenvalue weighted by Crippen LogP contribution is 2.38. The first-order valence-electron chi connectivity index (χ1n) is 12.6. The van der Waals surface area contributed by atoms with Gasteiger partial charge in [0.25, 0.3) is 5.91 Å². The van der Waals surface area contributed by atoms with Gasteiger partial charge in [-0.2, -0.15) is 9.78 Å². The van der Waals surface area contributed by atoms with Crippen molar-refractivity contribution in [1.82, 2.24) is 20.1 Å². The molecule has 0 spiro atoms. The van der Waals surface area contributed by atoms with Crippen LogP contribution in [0.15, 0.2) is 66.9 Å². The molecule has 0 aliphatic heterocycles. The number of anilines is 1. The number of nitrogens with one attached hydrogen (secondary N) is 2. The van der Waals surface area contributed by atoms with Gasteiger partial charge in [-0.3, -0.25) is 4.79 Å². The second-order valence-corrected chi connectivity index (χ2v) is 9.88. The number of halogens is 1. The number of carbonyl (C=O) groups excluding carboxylic acids is 2. The SMILES string of the molecule is Cc1cccc(CNC(=O)n2nc(-c3ccc(NC(=O)c4cccnc4Cl)cc3O)cc2C2CCCC2)c1. The van der Waals surface area contributed by atoms with Crippen LogP contribution in [0.1, 0.15) is 58.8 Å². The number of aromatic hydroxyl groups is 1. The van der Waals surface area contributed by atoms with E-state index in [1.807, 2.05) is 37.3 Å². The van der Waals surface area contributed by atoms with Crippen LogP contribution < -0.4 is 10.6 Å². The molecular formula is C29H28ClN5O3. The fraction of sp³-hybridized carbons (Fsp3) is 0.241. The van der Waals surface area contributed by atoms with E-state index in [1.165, 1.54) is 16.9 Å². The van der Waals surface area contributed by atoms with Crippen LogP contribution in [0.4, 0.5) is 10.5 Å². The van der Waals surface area contributed by atoms with Gasteiger partial charge in [0.05, 0.1) is 17.0 Å². The van der Waals surface area contributed by atoms with E-state index in [-0.39, 0.29) is 28.4 Å². The third kappa shape index (κ3) is 5.55. The zero-order valence-electron chi connectivity index (χ0n) is 20.9. The summed E-state index contributed by atoms with van der Waals surface area (Å²) in [6.45, 7) is 2.40. The molecule has 5 rings (SSSR count). The van der Waals surface area contributed by atoms with Crippen LogP contribution in [-0.4, -0.2) is 31.8 Å². The van der Waals surface area contributed by atoms with Gasteiger partial charge in [0.2, 0.25) is 0 Å². The van der Waals surface area contributed by atoms with E-state index in [4.69, 9.17) is 11.6 Å². The number of benzene rings is 2. The summed E-state index contributed by atoms with van der Waals surface area (Å²) in [6, 6.07) is 17.5. The van der Waals surface area contributed by atoms with Crippen molar-refractivity contribution in [3.8, 4) is 17.0 Å². The van der Waals surface area contributed by atoms with Crippen LogP contribution in [0.3, 0.4) is 0 Å². The molecule has 0 atom stereocenters. The van der Waals surface area contributed by atoms with Gasteiger partial charge in [-0.05, 0) is 55.7 Å². The van der Waals surface area contributed by atoms with E-state index in [2.05, 4.69) is 20.7 Å². The summed E-state index contributed by atoms with van der Waals surface area (Å²) in [5.74, 6) is -0.276. The number of aryl methyl sites for hydroxylation is 1. The third-order valence-corrected chi connectivity index (χ3v) is 7.07. The number of aromatic nitrogens is 3. The molecule has 0 radical (unpaired) electrons. The average molecular weight is 530 g/mol. The van der Waals surface area contributed by atoms with E-state index in [0.29, 0.717) is 23.5 Å². The Balaban J connectivity index is 1.38. The molecule has 3 N–H and O–H groups in total. The minimum Gasteiger partial charge on any atom is -0.507 e. The molecule has 1 saturated carbocycles. The first-order valence-corrected chi connectivity index (χ1v) is 13.0. The van der Waals surface area contributed by atoms with Crippen molar-refractivity contribution in [3.63, 3.8) is 0 Å². The van der Waals surface area contributed by atoms with Crippen molar-refractivity contribution in [2.45, 2.75) is 45.1 Å². The van der Waals surface area contributed by atoms with Crippen molar-refractivity contribution in [1.29, 1.82) is 0 Å². The highest BCUT2D eigenvalue weighted by atomic mass is 35.5. The van der Waals surface area contributed by atoms with Crippen molar-refractivity contribution in [2.75, 3.05) is 5.32 Å². The summed E-state index contributed by atoms with van der Waals surface area (Å²) in [4.78, 5) is 29.7. The second-order valence-electron chi connectivity index (χ2n) is 9.52. The fourth-order valence-corrected chi connectivity index (χ4v) is 5.06. The number of nitrogens with zero attached hydrogens (tertiary/aromatic N) is 3. The van der Waals surface area contributed by atoms with E-state index < -0.39 is 5.91 Å². The first kappa shape index (κ1) is 25.5. The molecule has 194 valence electrons. The lowest BCUT2D eigenvalue weighted by Crippen LogP contribution is -2.30. The van der Waals surface area contributed by atoms with Gasteiger partial charge in [-0.25, -0.2) is 9.78 Å². The monoisotopic (exact) mass is 529 g/mol. The van der Waals surface area contributed by atoms with Crippen LogP contribution in [0.25, 0.3) is 11.3 Å². The molecular weight excluding hydrogens is 502 g/mol. The number of hydrogen-bond acceptors (Lipinski definition) is 5. The van der Waals surface area contributed by atoms with Gasteiger partial charge < -0.3 is 15.7 Å². The molecule has 2 heterocycles. The lowest BCUT2D eigenvalue weighted by atomic mass is 10.0. The zero-order chi connectivity index (χ0) is 26.6. The number of pyridine rings is 1. The molecule has 1 fully saturated rings. The van der Waals surface area contributed by atoms with Gasteiger partial charge in [0.1, 0.15) is 10.9 Å². The van der Waals surface area contributed by atoms with Crippen LogP contribution >= 0.6 is 11.6 Å². The molecule has 0 unspecified atom stereocenters. The summed E-state index contributed by atoms with van der Waals surface area (Å²) in [6.07, 6.45) is 5.70. The summed E-state index contributed by atoms with van der Waals surface area (Å²) in [5.41, 5.74) is 4.55. The Morgan fingerprint density at radius 3 is 2.63 bits per heavy atom. The molecule has 38 heavy (non-hydrogen) atoms. The van der Waals surface area contributed by atoms with Gasteiger partial charge in [-0.1, -0.05) is 54.3 Å². The fourth-order valence-electron chi connectivity index (χ4n) is 4.86. The smallest absolute Gasteiger partial charge is 0.342 e. The third-order valence-electron chi connectivity index (χ3n) is 6.76. The van der Waals surface area contributed by atoms with Crippen LogP contribution in [0, 0.1) is 6.92 Å². The van der Waals surface area contributed by atoms with Crippen LogP contribution in [0.5, 0.6) is 5.75 Å². The maximum Gasteiger partial charge on any atom is 0.342 e. The molecule has 1 aliphatic rings. The number of hydrogen-bond donors (Lipinski definition) is 3. The Bertz CT molecular complexity index is 1490. The predicted molar refractivity (Wildman–Crippen MR) is 147 cm³/mol. The molecule has 2 aromatic heterocycles. The molecule has 9 heteroatoms. The van der Waals surface area contributed by atoms with Crippen molar-refractivity contribution in [3.05, 3.63) is 94.4 Å². The highest BCUT2D eigenvalue weighted by molar-refractivity contribution is 6.33. The van der Waals surface area contributed by atoms with Crippen molar-refractivity contribution in [2.24, 2.45) is 0 Å². The molecule has 0 bridgehead atoms. The van der Waals surface area contributed by atoms with Gasteiger partial charge >= 0.3 is 6.03 Å². The Morgan fingerprint density at radius 1 is 1.08 bits per heavy atom. The maximum atomic E-state index is 13.2. The normalized spacial score (nSPS) is 13.4. The predicted octanol–water partition coefficient (Wildman–Crippen LogP) is 6.28. The summed E-state index contributed by atoms with van der Waals surface area (Å²) >= 11 is 6.02. The lowest BCUT2D eigenvalue weighted by Gasteiger charge is -2.12. The average Bonchev–Trinajstić information content (AvgIpc) is 3.58. The molecule has 2 aromatic carbocycles. The topological polar surface area (TPSA) is 109 Å². The van der Waals surface area contributed by atoms with E-state index >= 15 is 0 Å². The van der Waals surface area contributed by atoms with Gasteiger partial charge in [-0.15, -0.1) is 0 Å². The number of amides is 2. The van der Waals surface area contributed by atoms with Gasteiger partial charge in [0, 0.05) is 36.0 Å². The van der Waals surface area contributed by atoms with Crippen LogP contribution in [0.2, 0.25) is 5.15 Å². The minimum atomic E-state index is -0.437. The Kier molecular flexibility index (Phi) is 7.42. The minimum absolute atomic E-state index is 0.0668. The van der Waals surface area contributed by atoms with Crippen molar-refractivity contribution < 1.29 is 14.7 Å². The largest absolute Gasteiger partial charge is 0.507 e. The number of carbonyl (C=O) groups is 2. The number of phenols is 1. The Hall–Kier alpha value is -4.17. The summed E-state index contributed by atoms with van der Waals surface area (Å²) in [5, 5.41) is 21.2. The Labute approximate surface area is 225 Å². The number of phenolic OH excluding ortho intramolecular Hbond substituents is 1. The molecule has 4 aromatic rings. The zero-order valence-corrected chi connectivity index (χ0v) is 21.7. The van der Waals surface area contributed by atoms with E-state index in [1.54, 1.807) is 24.3 Å². The molecule has 2 amide bonds. The maximum absolute atomic E-state index is 13.2. The summed E-state index contributed by atoms with van der Waals surface area (Å²) in [7, 11) is 0. The molecule has 1 aliphatic carbocycles. The van der Waals surface area contributed by atoms with Crippen LogP contribution in [-0.2, 0) is 6.54 Å². The second kappa shape index (κ2) is 11.1. The van der Waals surface area contributed by atoms with Gasteiger partial charge in [0.15, 0.2) is 0 Å². The molecule has 0 saturated heterocycles. The number of rotatable bonds is 6. The molecule has 8 nitrogen and oxygen atoms in total. The van der Waals surface area contributed by atoms with Crippen molar-refractivity contribution >= 4 is 29.2 Å². The highest BCUT2D eigenvalue weighted by Gasteiger charge is 2.26. The standard InChI is InChI=1S/C29H28ClN5O3/c1-18-6-4-7-19(14-18)17-32-29(38)35-25(20-8-2-3-9-20)16-24(34-35)22-12-11-21(15-26(22)36)33-28(37)23-10-5-13-31-27(23)30/h4-7,10-16,20,36H,2-3,8-9,17H2,1H3,(H,32,38)(H,33,37). The van der Waals surface area contributed by atoms with E-state index in [0.717, 1.165) is 42.5 Å². The quantitative estimate of drug-likeness (QED) is 0.255. The first-order chi connectivity index (χ1) is 18.4. The van der Waals surface area contributed by atoms with E-state index in [9.17, 15) is 14.7 Å². The Morgan fingerprint density at radius 2 is 1.89 bits per heavy atom. The lowest BCUT2D eigenvalue weighted by molar-refractivity contribution is 0.102. The summed E-state index contributed by atoms with van der Waals surface area (Å²) < 4.78 is 1.43.